The van der Waals surface area contributed by atoms with Gasteiger partial charge in [-0.1, -0.05) is 46.3 Å². The van der Waals surface area contributed by atoms with Crippen LogP contribution in [0.25, 0.3) is 0 Å². The van der Waals surface area contributed by atoms with Gasteiger partial charge >= 0.3 is 6.18 Å². The fraction of sp³-hybridized carbons (Fsp3) is 0.133. The molecule has 2 aromatic rings. The average Bonchev–Trinajstić information content (AvgIpc) is 2.47. The Labute approximate surface area is 128 Å². The minimum absolute atomic E-state index is 0.394. The number of carbonyl (C=O) groups is 1. The summed E-state index contributed by atoms with van der Waals surface area (Å²) in [5.41, 5.74) is -0.0695. The molecule has 1 N–H and O–H groups in total. The Bertz CT molecular complexity index is 655. The SMILES string of the molecule is O=C(Nc1ccccc1CBr)c1ccccc1C(F)(F)F. The standard InChI is InChI=1S/C15H11BrF3NO/c16-9-10-5-1-4-8-13(10)20-14(21)11-6-2-3-7-12(11)15(17,18)19/h1-8H,9H2,(H,20,21). The van der Waals surface area contributed by atoms with Crippen LogP contribution >= 0.6 is 15.9 Å². The second kappa shape index (κ2) is 6.30. The van der Waals surface area contributed by atoms with Crippen molar-refractivity contribution in [3.63, 3.8) is 0 Å². The molecule has 0 heterocycles. The van der Waals surface area contributed by atoms with Gasteiger partial charge in [0.05, 0.1) is 11.1 Å². The fourth-order valence-electron chi connectivity index (χ4n) is 1.88. The van der Waals surface area contributed by atoms with Gasteiger partial charge in [-0.25, -0.2) is 0 Å². The second-order valence-electron chi connectivity index (χ2n) is 4.29. The molecule has 0 saturated heterocycles. The van der Waals surface area contributed by atoms with Crippen LogP contribution in [-0.4, -0.2) is 5.91 Å². The molecule has 1 amide bonds. The van der Waals surface area contributed by atoms with Crippen molar-refractivity contribution in [2.75, 3.05) is 5.32 Å². The summed E-state index contributed by atoms with van der Waals surface area (Å²) in [7, 11) is 0. The fourth-order valence-corrected chi connectivity index (χ4v) is 2.37. The zero-order valence-electron chi connectivity index (χ0n) is 10.7. The zero-order chi connectivity index (χ0) is 15.5. The average molecular weight is 358 g/mol. The van der Waals surface area contributed by atoms with Crippen molar-refractivity contribution in [1.82, 2.24) is 0 Å². The third-order valence-electron chi connectivity index (χ3n) is 2.89. The lowest BCUT2D eigenvalue weighted by molar-refractivity contribution is -0.137. The van der Waals surface area contributed by atoms with Gasteiger partial charge in [-0.2, -0.15) is 13.2 Å². The van der Waals surface area contributed by atoms with Gasteiger partial charge < -0.3 is 5.32 Å². The summed E-state index contributed by atoms with van der Waals surface area (Å²) < 4.78 is 38.7. The van der Waals surface area contributed by atoms with Gasteiger partial charge in [0.15, 0.2) is 0 Å². The smallest absolute Gasteiger partial charge is 0.322 e. The molecule has 0 fully saturated rings. The van der Waals surface area contributed by atoms with Crippen molar-refractivity contribution >= 4 is 27.5 Å². The molecule has 0 aliphatic carbocycles. The molecule has 2 nitrogen and oxygen atoms in total. The summed E-state index contributed by atoms with van der Waals surface area (Å²) in [5.74, 6) is -0.781. The molecular weight excluding hydrogens is 347 g/mol. The molecule has 0 aliphatic rings. The van der Waals surface area contributed by atoms with Crippen LogP contribution in [0.3, 0.4) is 0 Å². The predicted octanol–water partition coefficient (Wildman–Crippen LogP) is 4.85. The Morgan fingerprint density at radius 2 is 1.67 bits per heavy atom. The Morgan fingerprint density at radius 3 is 2.33 bits per heavy atom. The number of nitrogens with one attached hydrogen (secondary N) is 1. The first-order chi connectivity index (χ1) is 9.93. The molecular formula is C15H11BrF3NO. The minimum atomic E-state index is -4.57. The number of benzene rings is 2. The van der Waals surface area contributed by atoms with Gasteiger partial charge in [0.1, 0.15) is 0 Å². The third kappa shape index (κ3) is 3.64. The molecule has 0 unspecified atom stereocenters. The number of halogens is 4. The number of alkyl halides is 4. The molecule has 110 valence electrons. The Hall–Kier alpha value is -1.82. The quantitative estimate of drug-likeness (QED) is 0.781. The van der Waals surface area contributed by atoms with Crippen LogP contribution in [0, 0.1) is 0 Å². The molecule has 0 spiro atoms. The number of hydrogen-bond donors (Lipinski definition) is 1. The molecule has 0 saturated carbocycles. The Morgan fingerprint density at radius 1 is 1.05 bits per heavy atom. The van der Waals surface area contributed by atoms with E-state index in [1.165, 1.54) is 12.1 Å². The van der Waals surface area contributed by atoms with E-state index in [-0.39, 0.29) is 0 Å². The van der Waals surface area contributed by atoms with E-state index in [1.54, 1.807) is 24.3 Å². The van der Waals surface area contributed by atoms with Crippen molar-refractivity contribution in [3.8, 4) is 0 Å². The first-order valence-corrected chi connectivity index (χ1v) is 7.17. The topological polar surface area (TPSA) is 29.1 Å². The van der Waals surface area contributed by atoms with Crippen molar-refractivity contribution in [2.24, 2.45) is 0 Å². The van der Waals surface area contributed by atoms with Crippen molar-refractivity contribution < 1.29 is 18.0 Å². The maximum Gasteiger partial charge on any atom is 0.417 e. The molecule has 0 aromatic heterocycles. The van der Waals surface area contributed by atoms with Crippen LogP contribution in [0.5, 0.6) is 0 Å². The molecule has 0 bridgehead atoms. The van der Waals surface area contributed by atoms with Crippen molar-refractivity contribution in [1.29, 1.82) is 0 Å². The van der Waals surface area contributed by atoms with Crippen LogP contribution in [0.1, 0.15) is 21.5 Å². The highest BCUT2D eigenvalue weighted by Gasteiger charge is 2.34. The number of hydrogen-bond acceptors (Lipinski definition) is 1. The maximum absolute atomic E-state index is 12.9. The summed E-state index contributed by atoms with van der Waals surface area (Å²) in [6, 6.07) is 11.6. The monoisotopic (exact) mass is 357 g/mol. The van der Waals surface area contributed by atoms with E-state index in [1.807, 2.05) is 0 Å². The van der Waals surface area contributed by atoms with E-state index in [9.17, 15) is 18.0 Å². The molecule has 21 heavy (non-hydrogen) atoms. The number of para-hydroxylation sites is 1. The highest BCUT2D eigenvalue weighted by molar-refractivity contribution is 9.08. The molecule has 2 aromatic carbocycles. The van der Waals surface area contributed by atoms with Crippen LogP contribution in [-0.2, 0) is 11.5 Å². The number of anilines is 1. The van der Waals surface area contributed by atoms with Crippen LogP contribution in [0.15, 0.2) is 48.5 Å². The van der Waals surface area contributed by atoms with E-state index in [0.29, 0.717) is 11.0 Å². The Balaban J connectivity index is 2.34. The highest BCUT2D eigenvalue weighted by Crippen LogP contribution is 2.32. The zero-order valence-corrected chi connectivity index (χ0v) is 12.3. The minimum Gasteiger partial charge on any atom is -0.322 e. The maximum atomic E-state index is 12.9. The second-order valence-corrected chi connectivity index (χ2v) is 4.85. The van der Waals surface area contributed by atoms with Crippen LogP contribution < -0.4 is 5.32 Å². The molecule has 2 rings (SSSR count). The lowest BCUT2D eigenvalue weighted by Crippen LogP contribution is -2.19. The van der Waals surface area contributed by atoms with Gasteiger partial charge in [-0.3, -0.25) is 4.79 Å². The van der Waals surface area contributed by atoms with Gasteiger partial charge in [0, 0.05) is 11.0 Å². The number of amides is 1. The molecule has 6 heteroatoms. The summed E-state index contributed by atoms with van der Waals surface area (Å²) >= 11 is 3.27. The van der Waals surface area contributed by atoms with Crippen LogP contribution in [0.4, 0.5) is 18.9 Å². The summed E-state index contributed by atoms with van der Waals surface area (Å²) in [4.78, 5) is 12.1. The molecule has 0 atom stereocenters. The number of carbonyl (C=O) groups excluding carboxylic acids is 1. The van der Waals surface area contributed by atoms with E-state index in [0.717, 1.165) is 17.7 Å². The van der Waals surface area contributed by atoms with E-state index in [2.05, 4.69) is 21.2 Å². The largest absolute Gasteiger partial charge is 0.417 e. The predicted molar refractivity (Wildman–Crippen MR) is 78.5 cm³/mol. The van der Waals surface area contributed by atoms with Gasteiger partial charge in [-0.05, 0) is 23.8 Å². The summed E-state index contributed by atoms with van der Waals surface area (Å²) in [6.07, 6.45) is -4.57. The van der Waals surface area contributed by atoms with Gasteiger partial charge in [0.2, 0.25) is 0 Å². The number of rotatable bonds is 3. The van der Waals surface area contributed by atoms with E-state index >= 15 is 0 Å². The first-order valence-electron chi connectivity index (χ1n) is 6.05. The normalized spacial score (nSPS) is 11.2. The molecule has 0 radical (unpaired) electrons. The van der Waals surface area contributed by atoms with Gasteiger partial charge in [0.25, 0.3) is 5.91 Å². The van der Waals surface area contributed by atoms with Crippen LogP contribution in [0.2, 0.25) is 0 Å². The van der Waals surface area contributed by atoms with Gasteiger partial charge in [-0.15, -0.1) is 0 Å². The lowest BCUT2D eigenvalue weighted by Gasteiger charge is -2.14. The third-order valence-corrected chi connectivity index (χ3v) is 3.49. The summed E-state index contributed by atoms with van der Waals surface area (Å²) in [5, 5.41) is 3.01. The Kier molecular flexibility index (Phi) is 4.67. The van der Waals surface area contributed by atoms with Crippen molar-refractivity contribution in [3.05, 3.63) is 65.2 Å². The van der Waals surface area contributed by atoms with E-state index < -0.39 is 23.2 Å². The van der Waals surface area contributed by atoms with Crippen molar-refractivity contribution in [2.45, 2.75) is 11.5 Å². The first kappa shape index (κ1) is 15.6. The summed E-state index contributed by atoms with van der Waals surface area (Å²) in [6.45, 7) is 0. The lowest BCUT2D eigenvalue weighted by atomic mass is 10.1. The molecule has 0 aliphatic heterocycles. The van der Waals surface area contributed by atoms with E-state index in [4.69, 9.17) is 0 Å². The highest BCUT2D eigenvalue weighted by atomic mass is 79.9.